The Hall–Kier alpha value is -0.570. The Labute approximate surface area is 87.7 Å². The van der Waals surface area contributed by atoms with E-state index in [1.165, 1.54) is 0 Å². The summed E-state index contributed by atoms with van der Waals surface area (Å²) in [7, 11) is 0. The van der Waals surface area contributed by atoms with Crippen molar-refractivity contribution >= 4 is 21.6 Å². The second-order valence-electron chi connectivity index (χ2n) is 3.37. The molecule has 1 aromatic heterocycles. The Morgan fingerprint density at radius 1 is 1.62 bits per heavy atom. The molecule has 1 aromatic rings. The van der Waals surface area contributed by atoms with Crippen LogP contribution in [0, 0.1) is 5.92 Å². The molecular formula is C10H15BrN2. The Morgan fingerprint density at radius 2 is 2.38 bits per heavy atom. The van der Waals surface area contributed by atoms with E-state index in [1.54, 1.807) is 6.20 Å². The van der Waals surface area contributed by atoms with Crippen LogP contribution < -0.4 is 5.73 Å². The first-order chi connectivity index (χ1) is 6.24. The number of nitrogens with zero attached hydrogens (tertiary/aromatic N) is 1. The summed E-state index contributed by atoms with van der Waals surface area (Å²) >= 11 is 3.46. The van der Waals surface area contributed by atoms with E-state index in [9.17, 15) is 0 Å². The summed E-state index contributed by atoms with van der Waals surface area (Å²) < 4.78 is 0. The van der Waals surface area contributed by atoms with Crippen molar-refractivity contribution in [2.75, 3.05) is 11.1 Å². The third kappa shape index (κ3) is 3.35. The highest BCUT2D eigenvalue weighted by molar-refractivity contribution is 9.09. The fourth-order valence-corrected chi connectivity index (χ4v) is 1.45. The van der Waals surface area contributed by atoms with E-state index in [-0.39, 0.29) is 0 Å². The summed E-state index contributed by atoms with van der Waals surface area (Å²) in [6.07, 6.45) is 5.76. The second-order valence-corrected chi connectivity index (χ2v) is 4.02. The molecular weight excluding hydrogens is 228 g/mol. The Kier molecular flexibility index (Phi) is 4.22. The molecule has 0 radical (unpaired) electrons. The fourth-order valence-electron chi connectivity index (χ4n) is 1.13. The summed E-state index contributed by atoms with van der Waals surface area (Å²) in [5.74, 6) is 0.694. The van der Waals surface area contributed by atoms with Crippen molar-refractivity contribution in [3.05, 3.63) is 24.0 Å². The monoisotopic (exact) mass is 242 g/mol. The Morgan fingerprint density at radius 3 is 3.00 bits per heavy atom. The molecule has 1 rings (SSSR count). The first kappa shape index (κ1) is 10.5. The molecule has 13 heavy (non-hydrogen) atoms. The van der Waals surface area contributed by atoms with Crippen molar-refractivity contribution in [1.29, 1.82) is 0 Å². The lowest BCUT2D eigenvalue weighted by Crippen LogP contribution is -2.01. The van der Waals surface area contributed by atoms with Gasteiger partial charge in [-0.25, -0.2) is 0 Å². The first-order valence-corrected chi connectivity index (χ1v) is 5.60. The molecule has 0 aliphatic heterocycles. The van der Waals surface area contributed by atoms with Crippen LogP contribution in [0.2, 0.25) is 0 Å². The highest BCUT2D eigenvalue weighted by atomic mass is 79.9. The number of hydrogen-bond acceptors (Lipinski definition) is 2. The average molecular weight is 243 g/mol. The van der Waals surface area contributed by atoms with Crippen molar-refractivity contribution in [1.82, 2.24) is 4.98 Å². The maximum Gasteiger partial charge on any atom is 0.0377 e. The van der Waals surface area contributed by atoms with Gasteiger partial charge in [0, 0.05) is 23.4 Å². The fraction of sp³-hybridized carbons (Fsp3) is 0.500. The molecule has 0 bridgehead atoms. The topological polar surface area (TPSA) is 38.9 Å². The van der Waals surface area contributed by atoms with Crippen LogP contribution in [0.4, 0.5) is 5.69 Å². The predicted octanol–water partition coefficient (Wildman–Crippen LogP) is 2.63. The van der Waals surface area contributed by atoms with Gasteiger partial charge in [0.2, 0.25) is 0 Å². The van der Waals surface area contributed by atoms with Crippen LogP contribution >= 0.6 is 15.9 Å². The van der Waals surface area contributed by atoms with E-state index >= 15 is 0 Å². The maximum absolute atomic E-state index is 5.80. The third-order valence-corrected chi connectivity index (χ3v) is 3.22. The zero-order chi connectivity index (χ0) is 9.68. The van der Waals surface area contributed by atoms with Crippen LogP contribution in [-0.4, -0.2) is 10.3 Å². The minimum atomic E-state index is 0.694. The largest absolute Gasteiger partial charge is 0.398 e. The van der Waals surface area contributed by atoms with Gasteiger partial charge in [0.05, 0.1) is 0 Å². The van der Waals surface area contributed by atoms with Crippen LogP contribution in [0.5, 0.6) is 0 Å². The van der Waals surface area contributed by atoms with E-state index in [4.69, 9.17) is 5.73 Å². The molecule has 0 aliphatic carbocycles. The molecule has 0 spiro atoms. The van der Waals surface area contributed by atoms with Crippen molar-refractivity contribution in [3.8, 4) is 0 Å². The number of alkyl halides is 1. The molecule has 72 valence electrons. The third-order valence-electron chi connectivity index (χ3n) is 2.11. The van der Waals surface area contributed by atoms with Crippen LogP contribution in [0.15, 0.2) is 18.5 Å². The molecule has 3 heteroatoms. The zero-order valence-corrected chi connectivity index (χ0v) is 9.42. The van der Waals surface area contributed by atoms with Crippen molar-refractivity contribution in [2.24, 2.45) is 5.92 Å². The molecule has 0 saturated carbocycles. The van der Waals surface area contributed by atoms with Gasteiger partial charge < -0.3 is 5.73 Å². The number of rotatable bonds is 4. The summed E-state index contributed by atoms with van der Waals surface area (Å²) in [4.78, 5) is 4.06. The van der Waals surface area contributed by atoms with E-state index < -0.39 is 0 Å². The molecule has 0 saturated heterocycles. The van der Waals surface area contributed by atoms with Gasteiger partial charge in [-0.05, 0) is 30.4 Å². The lowest BCUT2D eigenvalue weighted by atomic mass is 10.0. The number of anilines is 1. The minimum Gasteiger partial charge on any atom is -0.398 e. The number of aromatic nitrogens is 1. The number of pyridine rings is 1. The molecule has 2 nitrogen and oxygen atoms in total. The SMILES string of the molecule is CC(CBr)CCc1cnccc1N. The molecule has 0 amide bonds. The lowest BCUT2D eigenvalue weighted by molar-refractivity contribution is 0.599. The van der Waals surface area contributed by atoms with Crippen LogP contribution in [-0.2, 0) is 6.42 Å². The van der Waals surface area contributed by atoms with Crippen LogP contribution in [0.3, 0.4) is 0 Å². The van der Waals surface area contributed by atoms with E-state index in [0.29, 0.717) is 5.92 Å². The molecule has 0 aliphatic rings. The molecule has 2 N–H and O–H groups in total. The van der Waals surface area contributed by atoms with Gasteiger partial charge in [-0.1, -0.05) is 22.9 Å². The van der Waals surface area contributed by atoms with Crippen molar-refractivity contribution in [3.63, 3.8) is 0 Å². The van der Waals surface area contributed by atoms with Gasteiger partial charge in [-0.3, -0.25) is 4.98 Å². The van der Waals surface area contributed by atoms with E-state index in [1.807, 2.05) is 12.3 Å². The van der Waals surface area contributed by atoms with Gasteiger partial charge >= 0.3 is 0 Å². The first-order valence-electron chi connectivity index (χ1n) is 4.48. The summed E-state index contributed by atoms with van der Waals surface area (Å²) in [6.45, 7) is 2.22. The average Bonchev–Trinajstić information content (AvgIpc) is 2.16. The smallest absolute Gasteiger partial charge is 0.0377 e. The highest BCUT2D eigenvalue weighted by Crippen LogP contribution is 2.15. The number of nitrogen functional groups attached to an aromatic ring is 1. The van der Waals surface area contributed by atoms with Gasteiger partial charge in [0.25, 0.3) is 0 Å². The zero-order valence-electron chi connectivity index (χ0n) is 7.83. The van der Waals surface area contributed by atoms with Crippen molar-refractivity contribution in [2.45, 2.75) is 19.8 Å². The van der Waals surface area contributed by atoms with E-state index in [2.05, 4.69) is 27.8 Å². The predicted molar refractivity (Wildman–Crippen MR) is 59.9 cm³/mol. The Balaban J connectivity index is 2.50. The summed E-state index contributed by atoms with van der Waals surface area (Å²) in [5.41, 5.74) is 7.82. The quantitative estimate of drug-likeness (QED) is 0.825. The molecule has 1 unspecified atom stereocenters. The number of hydrogen-bond donors (Lipinski definition) is 1. The Bertz CT molecular complexity index is 263. The molecule has 0 aromatic carbocycles. The number of aryl methyl sites for hydroxylation is 1. The molecule has 1 atom stereocenters. The van der Waals surface area contributed by atoms with Gasteiger partial charge in [-0.15, -0.1) is 0 Å². The molecule has 0 fully saturated rings. The minimum absolute atomic E-state index is 0.694. The lowest BCUT2D eigenvalue weighted by Gasteiger charge is -2.08. The molecule has 1 heterocycles. The highest BCUT2D eigenvalue weighted by Gasteiger charge is 2.02. The van der Waals surface area contributed by atoms with Crippen molar-refractivity contribution < 1.29 is 0 Å². The summed E-state index contributed by atoms with van der Waals surface area (Å²) in [6, 6.07) is 1.86. The maximum atomic E-state index is 5.80. The van der Waals surface area contributed by atoms with E-state index in [0.717, 1.165) is 29.4 Å². The van der Waals surface area contributed by atoms with Gasteiger partial charge in [0.15, 0.2) is 0 Å². The van der Waals surface area contributed by atoms with Crippen LogP contribution in [0.1, 0.15) is 18.9 Å². The standard InChI is InChI=1S/C10H15BrN2/c1-8(6-11)2-3-9-7-13-5-4-10(9)12/h4-5,7-8H,2-3,6H2,1H3,(H2,12,13). The number of halogens is 1. The van der Waals surface area contributed by atoms with Gasteiger partial charge in [-0.2, -0.15) is 0 Å². The normalized spacial score (nSPS) is 12.8. The second kappa shape index (κ2) is 5.22. The van der Waals surface area contributed by atoms with Crippen LogP contribution in [0.25, 0.3) is 0 Å². The number of nitrogens with two attached hydrogens (primary N) is 1. The summed E-state index contributed by atoms with van der Waals surface area (Å²) in [5, 5.41) is 1.05. The van der Waals surface area contributed by atoms with Gasteiger partial charge in [0.1, 0.15) is 0 Å².